The Morgan fingerprint density at radius 2 is 1.77 bits per heavy atom. The van der Waals surface area contributed by atoms with Crippen molar-refractivity contribution in [2.75, 3.05) is 13.2 Å². The van der Waals surface area contributed by atoms with Crippen molar-refractivity contribution in [3.05, 3.63) is 12.3 Å². The fourth-order valence-corrected chi connectivity index (χ4v) is 1.77. The van der Waals surface area contributed by atoms with E-state index in [4.69, 9.17) is 19.7 Å². The predicted molar refractivity (Wildman–Crippen MR) is 68.1 cm³/mol. The molecule has 128 valence electrons. The van der Waals surface area contributed by atoms with Gasteiger partial charge in [0.05, 0.1) is 12.9 Å². The van der Waals surface area contributed by atoms with E-state index < -0.39 is 61.9 Å². The summed E-state index contributed by atoms with van der Waals surface area (Å²) in [6.45, 7) is -1.57. The molecule has 10 nitrogen and oxygen atoms in total. The van der Waals surface area contributed by atoms with Gasteiger partial charge in [-0.3, -0.25) is 4.79 Å². The first-order valence-corrected chi connectivity index (χ1v) is 6.45. The maximum absolute atomic E-state index is 10.9. The molecule has 0 saturated carbocycles. The molecular formula is C12H20O10. The van der Waals surface area contributed by atoms with Gasteiger partial charge in [0.2, 0.25) is 6.29 Å². The number of carbonyl (C=O) groups is 1. The number of carbonyl (C=O) groups excluding carboxylic acids is 1. The Balaban J connectivity index is 2.59. The van der Waals surface area contributed by atoms with E-state index in [1.54, 1.807) is 0 Å². The predicted octanol–water partition coefficient (Wildman–Crippen LogP) is -4.40. The third kappa shape index (κ3) is 4.44. The van der Waals surface area contributed by atoms with Crippen molar-refractivity contribution < 1.29 is 50.0 Å². The monoisotopic (exact) mass is 324 g/mol. The topological polar surface area (TPSA) is 177 Å². The highest BCUT2D eigenvalue weighted by molar-refractivity contribution is 5.84. The molecule has 0 amide bonds. The standard InChI is InChI=1S/C12H20O10/c13-3-6(16)8(17)5(15)1-2-21-12-11(20)10(19)9(18)7(4-14)22-12/h1-2,5,7-15,17-20H,3-4H2/t5?,7-,8?,9-,10+,11-,12+/m1/s1. The van der Waals surface area contributed by atoms with E-state index in [1.807, 2.05) is 0 Å². The Morgan fingerprint density at radius 3 is 2.32 bits per heavy atom. The number of aliphatic hydroxyl groups is 7. The Morgan fingerprint density at radius 1 is 1.14 bits per heavy atom. The highest BCUT2D eigenvalue weighted by Gasteiger charge is 2.44. The molecule has 0 aromatic carbocycles. The van der Waals surface area contributed by atoms with Crippen molar-refractivity contribution >= 4 is 5.78 Å². The molecule has 1 aliphatic rings. The van der Waals surface area contributed by atoms with Gasteiger partial charge in [-0.25, -0.2) is 0 Å². The summed E-state index contributed by atoms with van der Waals surface area (Å²) in [5.74, 6) is -0.995. The van der Waals surface area contributed by atoms with Crippen molar-refractivity contribution in [1.82, 2.24) is 0 Å². The van der Waals surface area contributed by atoms with E-state index in [2.05, 4.69) is 0 Å². The van der Waals surface area contributed by atoms with Crippen LogP contribution in [0.3, 0.4) is 0 Å². The SMILES string of the molecule is O=C(CO)C(O)C(O)C=CO[C@H]1O[C@H](CO)[C@@H](O)[C@H](O)[C@H]1O. The fourth-order valence-electron chi connectivity index (χ4n) is 1.77. The summed E-state index contributed by atoms with van der Waals surface area (Å²) >= 11 is 0. The van der Waals surface area contributed by atoms with E-state index >= 15 is 0 Å². The minimum absolute atomic E-state index is 0.624. The number of aliphatic hydroxyl groups excluding tert-OH is 7. The van der Waals surface area contributed by atoms with Crippen LogP contribution in [0.1, 0.15) is 0 Å². The van der Waals surface area contributed by atoms with Gasteiger partial charge in [0, 0.05) is 0 Å². The van der Waals surface area contributed by atoms with Crippen LogP contribution in [0.15, 0.2) is 12.3 Å². The van der Waals surface area contributed by atoms with Crippen LogP contribution in [0, 0.1) is 0 Å². The summed E-state index contributed by atoms with van der Waals surface area (Å²) in [5.41, 5.74) is 0. The molecule has 1 rings (SSSR count). The lowest BCUT2D eigenvalue weighted by Crippen LogP contribution is -2.58. The smallest absolute Gasteiger partial charge is 0.228 e. The number of ketones is 1. The van der Waals surface area contributed by atoms with Crippen molar-refractivity contribution in [2.24, 2.45) is 0 Å². The second-order valence-electron chi connectivity index (χ2n) is 4.72. The summed E-state index contributed by atoms with van der Waals surface area (Å²) in [6.07, 6.45) is -9.19. The summed E-state index contributed by atoms with van der Waals surface area (Å²) < 4.78 is 9.91. The van der Waals surface area contributed by atoms with E-state index in [-0.39, 0.29) is 0 Å². The van der Waals surface area contributed by atoms with E-state index in [0.717, 1.165) is 12.3 Å². The average Bonchev–Trinajstić information content (AvgIpc) is 2.53. The van der Waals surface area contributed by atoms with Gasteiger partial charge in [-0.15, -0.1) is 0 Å². The van der Waals surface area contributed by atoms with Crippen LogP contribution >= 0.6 is 0 Å². The Kier molecular flexibility index (Phi) is 7.32. The summed E-state index contributed by atoms with van der Waals surface area (Å²) in [4.78, 5) is 10.9. The number of hydrogen-bond donors (Lipinski definition) is 7. The zero-order valence-electron chi connectivity index (χ0n) is 11.5. The van der Waals surface area contributed by atoms with Gasteiger partial charge in [0.1, 0.15) is 43.2 Å². The maximum Gasteiger partial charge on any atom is 0.228 e. The molecular weight excluding hydrogens is 304 g/mol. The summed E-state index contributed by atoms with van der Waals surface area (Å²) in [6, 6.07) is 0. The second-order valence-corrected chi connectivity index (χ2v) is 4.72. The van der Waals surface area contributed by atoms with Crippen molar-refractivity contribution in [3.63, 3.8) is 0 Å². The molecule has 0 aliphatic carbocycles. The van der Waals surface area contributed by atoms with Gasteiger partial charge in [-0.2, -0.15) is 0 Å². The van der Waals surface area contributed by atoms with E-state index in [1.165, 1.54) is 0 Å². The van der Waals surface area contributed by atoms with Gasteiger partial charge < -0.3 is 45.2 Å². The Bertz CT molecular complexity index is 384. The van der Waals surface area contributed by atoms with Crippen LogP contribution in [0.2, 0.25) is 0 Å². The minimum Gasteiger partial charge on any atom is -0.470 e. The zero-order valence-corrected chi connectivity index (χ0v) is 11.5. The quantitative estimate of drug-likeness (QED) is 0.226. The molecule has 2 unspecified atom stereocenters. The molecule has 0 aromatic heterocycles. The maximum atomic E-state index is 10.9. The van der Waals surface area contributed by atoms with E-state index in [0.29, 0.717) is 0 Å². The average molecular weight is 324 g/mol. The second kappa shape index (κ2) is 8.50. The van der Waals surface area contributed by atoms with Crippen LogP contribution in [-0.4, -0.2) is 97.7 Å². The largest absolute Gasteiger partial charge is 0.470 e. The minimum atomic E-state index is -1.85. The number of ether oxygens (including phenoxy) is 2. The molecule has 1 saturated heterocycles. The first kappa shape index (κ1) is 18.9. The Hall–Kier alpha value is -1.11. The zero-order chi connectivity index (χ0) is 16.9. The molecule has 10 heteroatoms. The third-order valence-electron chi connectivity index (χ3n) is 3.15. The van der Waals surface area contributed by atoms with Crippen LogP contribution in [0.4, 0.5) is 0 Å². The normalized spacial score (nSPS) is 35.3. The lowest BCUT2D eigenvalue weighted by Gasteiger charge is -2.39. The molecule has 7 atom stereocenters. The molecule has 22 heavy (non-hydrogen) atoms. The molecule has 1 fully saturated rings. The molecule has 7 N–H and O–H groups in total. The highest BCUT2D eigenvalue weighted by Crippen LogP contribution is 2.22. The van der Waals surface area contributed by atoms with Crippen molar-refractivity contribution in [3.8, 4) is 0 Å². The molecule has 0 aromatic rings. The molecule has 0 spiro atoms. The first-order chi connectivity index (χ1) is 10.3. The number of hydrogen-bond acceptors (Lipinski definition) is 10. The fraction of sp³-hybridized carbons (Fsp3) is 0.750. The van der Waals surface area contributed by atoms with Crippen LogP contribution in [-0.2, 0) is 14.3 Å². The van der Waals surface area contributed by atoms with Gasteiger partial charge in [0.25, 0.3) is 0 Å². The number of Topliss-reactive ketones (excluding diaryl/α,β-unsaturated/α-hetero) is 1. The molecule has 1 aliphatic heterocycles. The molecule has 0 bridgehead atoms. The van der Waals surface area contributed by atoms with Crippen LogP contribution < -0.4 is 0 Å². The van der Waals surface area contributed by atoms with Crippen molar-refractivity contribution in [1.29, 1.82) is 0 Å². The lowest BCUT2D eigenvalue weighted by atomic mass is 9.99. The first-order valence-electron chi connectivity index (χ1n) is 6.45. The molecule has 0 radical (unpaired) electrons. The third-order valence-corrected chi connectivity index (χ3v) is 3.15. The van der Waals surface area contributed by atoms with Crippen molar-refractivity contribution in [2.45, 2.75) is 42.9 Å². The van der Waals surface area contributed by atoms with Crippen LogP contribution in [0.25, 0.3) is 0 Å². The summed E-state index contributed by atoms with van der Waals surface area (Å²) in [7, 11) is 0. The van der Waals surface area contributed by atoms with Gasteiger partial charge >= 0.3 is 0 Å². The molecule has 1 heterocycles. The van der Waals surface area contributed by atoms with E-state index in [9.17, 15) is 30.3 Å². The van der Waals surface area contributed by atoms with Crippen LogP contribution in [0.5, 0.6) is 0 Å². The van der Waals surface area contributed by atoms with Gasteiger partial charge in [-0.1, -0.05) is 0 Å². The number of rotatable bonds is 7. The Labute approximate surface area is 125 Å². The lowest BCUT2D eigenvalue weighted by molar-refractivity contribution is -0.288. The van der Waals surface area contributed by atoms with Gasteiger partial charge in [-0.05, 0) is 6.08 Å². The summed E-state index contributed by atoms with van der Waals surface area (Å²) in [5, 5.41) is 64.9. The van der Waals surface area contributed by atoms with Gasteiger partial charge in [0.15, 0.2) is 5.78 Å². The highest BCUT2D eigenvalue weighted by atomic mass is 16.7.